The number of nitrogens with two attached hydrogens (primary N) is 1. The molecule has 0 aliphatic heterocycles. The van der Waals surface area contributed by atoms with Gasteiger partial charge < -0.3 is 5.73 Å². The van der Waals surface area contributed by atoms with Crippen molar-refractivity contribution in [3.05, 3.63) is 45.4 Å². The summed E-state index contributed by atoms with van der Waals surface area (Å²) in [4.78, 5) is 5.17. The molecule has 4 heteroatoms. The third kappa shape index (κ3) is 1.89. The van der Waals surface area contributed by atoms with Gasteiger partial charge in [0.05, 0.1) is 5.02 Å². The van der Waals surface area contributed by atoms with Gasteiger partial charge in [-0.05, 0) is 23.1 Å². The quantitative estimate of drug-likeness (QED) is 0.852. The SMILES string of the molecule is Nc1ccncc1Cc1sccc1Cl. The Morgan fingerprint density at radius 2 is 2.29 bits per heavy atom. The van der Waals surface area contributed by atoms with Crippen LogP contribution in [0.3, 0.4) is 0 Å². The van der Waals surface area contributed by atoms with Gasteiger partial charge in [0, 0.05) is 29.4 Å². The van der Waals surface area contributed by atoms with E-state index in [2.05, 4.69) is 4.98 Å². The van der Waals surface area contributed by atoms with Gasteiger partial charge in [-0.3, -0.25) is 4.98 Å². The third-order valence-corrected chi connectivity index (χ3v) is 3.37. The van der Waals surface area contributed by atoms with Gasteiger partial charge in [0.1, 0.15) is 0 Å². The number of nitrogens with zero attached hydrogens (tertiary/aromatic N) is 1. The van der Waals surface area contributed by atoms with Crippen LogP contribution in [0.25, 0.3) is 0 Å². The number of hydrogen-bond donors (Lipinski definition) is 1. The summed E-state index contributed by atoms with van der Waals surface area (Å²) in [5.74, 6) is 0. The summed E-state index contributed by atoms with van der Waals surface area (Å²) in [7, 11) is 0. The van der Waals surface area contributed by atoms with E-state index in [1.165, 1.54) is 0 Å². The van der Waals surface area contributed by atoms with Crippen LogP contribution in [0.1, 0.15) is 10.4 Å². The molecule has 14 heavy (non-hydrogen) atoms. The second-order valence-electron chi connectivity index (χ2n) is 2.94. The smallest absolute Gasteiger partial charge is 0.0548 e. The Bertz CT molecular complexity index is 439. The van der Waals surface area contributed by atoms with Crippen molar-refractivity contribution in [3.63, 3.8) is 0 Å². The Labute approximate surface area is 91.4 Å². The molecule has 2 aromatic rings. The Morgan fingerprint density at radius 1 is 1.43 bits per heavy atom. The molecule has 2 nitrogen and oxygen atoms in total. The van der Waals surface area contributed by atoms with E-state index in [1.807, 2.05) is 11.4 Å². The number of pyridine rings is 1. The number of aromatic nitrogens is 1. The molecule has 0 unspecified atom stereocenters. The average Bonchev–Trinajstić information content (AvgIpc) is 2.56. The summed E-state index contributed by atoms with van der Waals surface area (Å²) < 4.78 is 0. The molecule has 0 spiro atoms. The summed E-state index contributed by atoms with van der Waals surface area (Å²) in [6.07, 6.45) is 4.23. The lowest BCUT2D eigenvalue weighted by molar-refractivity contribution is 1.18. The van der Waals surface area contributed by atoms with E-state index in [9.17, 15) is 0 Å². The minimum Gasteiger partial charge on any atom is -0.398 e. The Balaban J connectivity index is 2.28. The van der Waals surface area contributed by atoms with Crippen LogP contribution >= 0.6 is 22.9 Å². The van der Waals surface area contributed by atoms with Gasteiger partial charge in [0.25, 0.3) is 0 Å². The highest BCUT2D eigenvalue weighted by atomic mass is 35.5. The second kappa shape index (κ2) is 3.98. The molecule has 0 saturated heterocycles. The molecular formula is C10H9ClN2S. The molecule has 0 aromatic carbocycles. The lowest BCUT2D eigenvalue weighted by atomic mass is 10.1. The number of hydrogen-bond acceptors (Lipinski definition) is 3. The first-order chi connectivity index (χ1) is 6.77. The highest BCUT2D eigenvalue weighted by Crippen LogP contribution is 2.26. The molecule has 0 saturated carbocycles. The van der Waals surface area contributed by atoms with E-state index < -0.39 is 0 Å². The van der Waals surface area contributed by atoms with Crippen molar-refractivity contribution >= 4 is 28.6 Å². The molecule has 2 N–H and O–H groups in total. The Kier molecular flexibility index (Phi) is 2.70. The zero-order valence-electron chi connectivity index (χ0n) is 7.40. The van der Waals surface area contributed by atoms with Crippen molar-refractivity contribution in [2.45, 2.75) is 6.42 Å². The van der Waals surface area contributed by atoms with Crippen LogP contribution in [0.15, 0.2) is 29.9 Å². The maximum atomic E-state index is 5.99. The second-order valence-corrected chi connectivity index (χ2v) is 4.35. The summed E-state index contributed by atoms with van der Waals surface area (Å²) in [5, 5.41) is 2.78. The normalized spacial score (nSPS) is 10.4. The van der Waals surface area contributed by atoms with Gasteiger partial charge in [-0.2, -0.15) is 0 Å². The van der Waals surface area contributed by atoms with Crippen molar-refractivity contribution in [2.24, 2.45) is 0 Å². The molecule has 2 rings (SSSR count). The topological polar surface area (TPSA) is 38.9 Å². The fraction of sp³-hybridized carbons (Fsp3) is 0.100. The van der Waals surface area contributed by atoms with Crippen molar-refractivity contribution in [1.82, 2.24) is 4.98 Å². The predicted octanol–water partition coefficient (Wildman–Crippen LogP) is 2.97. The molecule has 0 amide bonds. The zero-order valence-corrected chi connectivity index (χ0v) is 8.98. The standard InChI is InChI=1S/C10H9ClN2S/c11-8-2-4-14-10(8)5-7-6-13-3-1-9(7)12/h1-4,6H,5H2,(H2,12,13). The van der Waals surface area contributed by atoms with Crippen LogP contribution in [-0.4, -0.2) is 4.98 Å². The molecule has 0 atom stereocenters. The first-order valence-electron chi connectivity index (χ1n) is 4.17. The average molecular weight is 225 g/mol. The van der Waals surface area contributed by atoms with Gasteiger partial charge in [-0.1, -0.05) is 11.6 Å². The van der Waals surface area contributed by atoms with Crippen LogP contribution in [0, 0.1) is 0 Å². The molecule has 0 aliphatic rings. The fourth-order valence-electron chi connectivity index (χ4n) is 1.21. The van der Waals surface area contributed by atoms with Crippen LogP contribution < -0.4 is 5.73 Å². The number of halogens is 1. The largest absolute Gasteiger partial charge is 0.398 e. The summed E-state index contributed by atoms with van der Waals surface area (Å²) in [5.41, 5.74) is 7.60. The van der Waals surface area contributed by atoms with Crippen LogP contribution in [0.2, 0.25) is 5.02 Å². The molecule has 2 heterocycles. The van der Waals surface area contributed by atoms with E-state index >= 15 is 0 Å². The van der Waals surface area contributed by atoms with Gasteiger partial charge >= 0.3 is 0 Å². The minimum absolute atomic E-state index is 0.760. The fourth-order valence-corrected chi connectivity index (χ4v) is 2.34. The molecular weight excluding hydrogens is 216 g/mol. The summed E-state index contributed by atoms with van der Waals surface area (Å²) >= 11 is 7.63. The number of anilines is 1. The zero-order chi connectivity index (χ0) is 9.97. The first-order valence-corrected chi connectivity index (χ1v) is 5.43. The number of thiophene rings is 1. The van der Waals surface area contributed by atoms with Crippen LogP contribution in [0.4, 0.5) is 5.69 Å². The molecule has 0 radical (unpaired) electrons. The van der Waals surface area contributed by atoms with Crippen molar-refractivity contribution < 1.29 is 0 Å². The molecule has 72 valence electrons. The third-order valence-electron chi connectivity index (χ3n) is 1.98. The monoisotopic (exact) mass is 224 g/mol. The molecule has 0 bridgehead atoms. The van der Waals surface area contributed by atoms with Crippen molar-refractivity contribution in [1.29, 1.82) is 0 Å². The van der Waals surface area contributed by atoms with E-state index in [4.69, 9.17) is 17.3 Å². The van der Waals surface area contributed by atoms with E-state index in [-0.39, 0.29) is 0 Å². The molecule has 0 fully saturated rings. The Hall–Kier alpha value is -1.06. The maximum Gasteiger partial charge on any atom is 0.0548 e. The summed E-state index contributed by atoms with van der Waals surface area (Å²) in [6.45, 7) is 0. The van der Waals surface area contributed by atoms with E-state index in [0.29, 0.717) is 0 Å². The van der Waals surface area contributed by atoms with Gasteiger partial charge in [-0.25, -0.2) is 0 Å². The number of rotatable bonds is 2. The first kappa shape index (κ1) is 9.49. The van der Waals surface area contributed by atoms with E-state index in [0.717, 1.165) is 27.6 Å². The Morgan fingerprint density at radius 3 is 2.93 bits per heavy atom. The van der Waals surface area contributed by atoms with Gasteiger partial charge in [0.2, 0.25) is 0 Å². The van der Waals surface area contributed by atoms with Gasteiger partial charge in [0.15, 0.2) is 0 Å². The highest BCUT2D eigenvalue weighted by molar-refractivity contribution is 7.10. The maximum absolute atomic E-state index is 5.99. The highest BCUT2D eigenvalue weighted by Gasteiger charge is 2.05. The van der Waals surface area contributed by atoms with E-state index in [1.54, 1.807) is 29.8 Å². The van der Waals surface area contributed by atoms with Crippen LogP contribution in [-0.2, 0) is 6.42 Å². The lowest BCUT2D eigenvalue weighted by Gasteiger charge is -2.02. The van der Waals surface area contributed by atoms with Crippen molar-refractivity contribution in [2.75, 3.05) is 5.73 Å². The lowest BCUT2D eigenvalue weighted by Crippen LogP contribution is -1.95. The van der Waals surface area contributed by atoms with Gasteiger partial charge in [-0.15, -0.1) is 11.3 Å². The van der Waals surface area contributed by atoms with Crippen LogP contribution in [0.5, 0.6) is 0 Å². The minimum atomic E-state index is 0.760. The summed E-state index contributed by atoms with van der Waals surface area (Å²) in [6, 6.07) is 3.70. The molecule has 2 aromatic heterocycles. The molecule has 0 aliphatic carbocycles. The number of nitrogen functional groups attached to an aromatic ring is 1. The predicted molar refractivity (Wildman–Crippen MR) is 60.8 cm³/mol. The van der Waals surface area contributed by atoms with Crippen molar-refractivity contribution in [3.8, 4) is 0 Å².